The van der Waals surface area contributed by atoms with Crippen molar-refractivity contribution in [1.82, 2.24) is 9.55 Å². The largest absolute Gasteiger partial charge is 0.389 e. The zero-order valence-electron chi connectivity index (χ0n) is 17.0. The van der Waals surface area contributed by atoms with E-state index in [0.717, 1.165) is 22.2 Å². The number of para-hydroxylation sites is 2. The van der Waals surface area contributed by atoms with Crippen molar-refractivity contribution in [1.29, 1.82) is 0 Å². The molecule has 4 rings (SSSR count). The van der Waals surface area contributed by atoms with Crippen LogP contribution in [0.25, 0.3) is 11.0 Å². The fourth-order valence-corrected chi connectivity index (χ4v) is 3.67. The Bertz CT molecular complexity index is 1090. The summed E-state index contributed by atoms with van der Waals surface area (Å²) in [7, 11) is 0. The molecule has 0 fully saturated rings. The number of hydrogen-bond acceptors (Lipinski definition) is 4. The van der Waals surface area contributed by atoms with Crippen LogP contribution < -0.4 is 0 Å². The van der Waals surface area contributed by atoms with Gasteiger partial charge in [0.1, 0.15) is 18.5 Å². The molecule has 154 valence electrons. The van der Waals surface area contributed by atoms with E-state index >= 15 is 0 Å². The third kappa shape index (κ3) is 4.44. The van der Waals surface area contributed by atoms with Crippen molar-refractivity contribution in [2.75, 3.05) is 6.61 Å². The standard InChI is InChI=1S/C25H26N2O3/c1-18-11-13-20(14-12-18)25(19-7-3-2-4-8-19)30-17-21(29)15-27-23-10-6-5-9-22(23)26-24(27)16-28/h2-14,21,25,28-29H,15-17H2,1H3/t21-,25-/m1/s1. The number of aliphatic hydroxyl groups is 2. The monoisotopic (exact) mass is 402 g/mol. The first kappa shape index (κ1) is 20.3. The van der Waals surface area contributed by atoms with E-state index in [1.807, 2.05) is 59.2 Å². The normalized spacial score (nSPS) is 13.4. The summed E-state index contributed by atoms with van der Waals surface area (Å²) in [6.07, 6.45) is -1.01. The molecule has 0 radical (unpaired) electrons. The molecular weight excluding hydrogens is 376 g/mol. The molecule has 0 spiro atoms. The molecule has 0 saturated carbocycles. The summed E-state index contributed by atoms with van der Waals surface area (Å²) in [4.78, 5) is 4.44. The molecule has 1 heterocycles. The first-order valence-corrected chi connectivity index (χ1v) is 10.1. The predicted molar refractivity (Wildman–Crippen MR) is 117 cm³/mol. The summed E-state index contributed by atoms with van der Waals surface area (Å²) in [6, 6.07) is 25.9. The molecule has 0 aliphatic carbocycles. The van der Waals surface area contributed by atoms with Gasteiger partial charge in [0.2, 0.25) is 0 Å². The van der Waals surface area contributed by atoms with Gasteiger partial charge in [0.25, 0.3) is 0 Å². The molecule has 0 amide bonds. The minimum Gasteiger partial charge on any atom is -0.389 e. The Morgan fingerprint density at radius 3 is 2.30 bits per heavy atom. The van der Waals surface area contributed by atoms with Crippen LogP contribution in [0.15, 0.2) is 78.9 Å². The second-order valence-corrected chi connectivity index (χ2v) is 7.47. The molecule has 4 aromatic rings. The van der Waals surface area contributed by atoms with Crippen molar-refractivity contribution in [3.8, 4) is 0 Å². The Morgan fingerprint density at radius 1 is 0.900 bits per heavy atom. The van der Waals surface area contributed by atoms with Crippen molar-refractivity contribution < 1.29 is 14.9 Å². The minimum atomic E-state index is -0.746. The van der Waals surface area contributed by atoms with Gasteiger partial charge in [-0.3, -0.25) is 0 Å². The van der Waals surface area contributed by atoms with Crippen LogP contribution in [-0.4, -0.2) is 32.5 Å². The molecule has 0 aliphatic heterocycles. The summed E-state index contributed by atoms with van der Waals surface area (Å²) in [5.41, 5.74) is 4.96. The lowest BCUT2D eigenvalue weighted by molar-refractivity contribution is -0.000735. The number of fused-ring (bicyclic) bond motifs is 1. The number of rotatable bonds is 8. The van der Waals surface area contributed by atoms with Crippen molar-refractivity contribution in [3.63, 3.8) is 0 Å². The smallest absolute Gasteiger partial charge is 0.135 e. The second-order valence-electron chi connectivity index (χ2n) is 7.47. The number of nitrogens with zero attached hydrogens (tertiary/aromatic N) is 2. The van der Waals surface area contributed by atoms with E-state index in [9.17, 15) is 10.2 Å². The lowest BCUT2D eigenvalue weighted by Gasteiger charge is -2.22. The van der Waals surface area contributed by atoms with Gasteiger partial charge in [0.05, 0.1) is 30.3 Å². The zero-order valence-corrected chi connectivity index (χ0v) is 17.0. The Morgan fingerprint density at radius 2 is 1.57 bits per heavy atom. The predicted octanol–water partition coefficient (Wildman–Crippen LogP) is 4.00. The number of aryl methyl sites for hydroxylation is 1. The van der Waals surface area contributed by atoms with E-state index in [1.54, 1.807) is 0 Å². The molecule has 0 bridgehead atoms. The average Bonchev–Trinajstić information content (AvgIpc) is 3.13. The first-order valence-electron chi connectivity index (χ1n) is 10.1. The molecule has 0 saturated heterocycles. The summed E-state index contributed by atoms with van der Waals surface area (Å²) in [5.74, 6) is 0.536. The molecule has 2 N–H and O–H groups in total. The maximum Gasteiger partial charge on any atom is 0.135 e. The van der Waals surface area contributed by atoms with Gasteiger partial charge in [-0.15, -0.1) is 0 Å². The van der Waals surface area contributed by atoms with Gasteiger partial charge in [0, 0.05) is 0 Å². The number of ether oxygens (including phenoxy) is 1. The number of aromatic nitrogens is 2. The molecular formula is C25H26N2O3. The molecule has 2 atom stereocenters. The van der Waals surface area contributed by atoms with Crippen molar-refractivity contribution >= 4 is 11.0 Å². The molecule has 0 unspecified atom stereocenters. The van der Waals surface area contributed by atoms with E-state index in [-0.39, 0.29) is 19.3 Å². The zero-order chi connectivity index (χ0) is 20.9. The van der Waals surface area contributed by atoms with Gasteiger partial charge < -0.3 is 19.5 Å². The lowest BCUT2D eigenvalue weighted by atomic mass is 10.0. The fourth-order valence-electron chi connectivity index (χ4n) is 3.67. The van der Waals surface area contributed by atoms with Crippen LogP contribution in [0, 0.1) is 6.92 Å². The summed E-state index contributed by atoms with van der Waals surface area (Å²) in [5, 5.41) is 20.4. The Balaban J connectivity index is 1.52. The van der Waals surface area contributed by atoms with Gasteiger partial charge in [-0.25, -0.2) is 4.98 Å². The van der Waals surface area contributed by atoms with Crippen LogP contribution in [0.1, 0.15) is 28.6 Å². The highest BCUT2D eigenvalue weighted by atomic mass is 16.5. The van der Waals surface area contributed by atoms with Crippen molar-refractivity contribution in [2.45, 2.75) is 32.3 Å². The fraction of sp³-hybridized carbons (Fsp3) is 0.240. The van der Waals surface area contributed by atoms with E-state index in [0.29, 0.717) is 12.4 Å². The molecule has 3 aromatic carbocycles. The molecule has 5 heteroatoms. The van der Waals surface area contributed by atoms with E-state index in [1.165, 1.54) is 5.56 Å². The van der Waals surface area contributed by atoms with Crippen LogP contribution >= 0.6 is 0 Å². The van der Waals surface area contributed by atoms with Crippen molar-refractivity contribution in [2.24, 2.45) is 0 Å². The van der Waals surface area contributed by atoms with Crippen LogP contribution in [-0.2, 0) is 17.9 Å². The van der Waals surface area contributed by atoms with Gasteiger partial charge in [-0.05, 0) is 30.2 Å². The number of imidazole rings is 1. The first-order chi connectivity index (χ1) is 14.7. The Kier molecular flexibility index (Phi) is 6.23. The Labute approximate surface area is 176 Å². The van der Waals surface area contributed by atoms with Gasteiger partial charge >= 0.3 is 0 Å². The van der Waals surface area contributed by atoms with E-state index < -0.39 is 6.10 Å². The molecule has 0 aliphatic rings. The summed E-state index contributed by atoms with van der Waals surface area (Å²) < 4.78 is 8.06. The molecule has 5 nitrogen and oxygen atoms in total. The maximum absolute atomic E-state index is 10.7. The van der Waals surface area contributed by atoms with Crippen LogP contribution in [0.2, 0.25) is 0 Å². The van der Waals surface area contributed by atoms with E-state index in [2.05, 4.69) is 36.2 Å². The Hall–Kier alpha value is -2.99. The third-order valence-corrected chi connectivity index (χ3v) is 5.21. The molecule has 30 heavy (non-hydrogen) atoms. The van der Waals surface area contributed by atoms with E-state index in [4.69, 9.17) is 4.74 Å². The van der Waals surface area contributed by atoms with Crippen LogP contribution in [0.4, 0.5) is 0 Å². The topological polar surface area (TPSA) is 67.5 Å². The third-order valence-electron chi connectivity index (χ3n) is 5.21. The highest BCUT2D eigenvalue weighted by molar-refractivity contribution is 5.75. The summed E-state index contributed by atoms with van der Waals surface area (Å²) >= 11 is 0. The second kappa shape index (κ2) is 9.22. The SMILES string of the molecule is Cc1ccc([C@H](OC[C@H](O)Cn2c(CO)nc3ccccc32)c2ccccc2)cc1. The quantitative estimate of drug-likeness (QED) is 0.467. The summed E-state index contributed by atoms with van der Waals surface area (Å²) in [6.45, 7) is 2.33. The minimum absolute atomic E-state index is 0.158. The number of hydrogen-bond donors (Lipinski definition) is 2. The lowest BCUT2D eigenvalue weighted by Crippen LogP contribution is -2.24. The van der Waals surface area contributed by atoms with Gasteiger partial charge in [-0.2, -0.15) is 0 Å². The highest BCUT2D eigenvalue weighted by Crippen LogP contribution is 2.27. The average molecular weight is 402 g/mol. The maximum atomic E-state index is 10.7. The number of aliphatic hydroxyl groups excluding tert-OH is 2. The van der Waals surface area contributed by atoms with Crippen molar-refractivity contribution in [3.05, 3.63) is 101 Å². The molecule has 1 aromatic heterocycles. The number of benzene rings is 3. The van der Waals surface area contributed by atoms with Crippen LogP contribution in [0.5, 0.6) is 0 Å². The van der Waals surface area contributed by atoms with Gasteiger partial charge in [-0.1, -0.05) is 72.3 Å². The van der Waals surface area contributed by atoms with Gasteiger partial charge in [0.15, 0.2) is 0 Å². The van der Waals surface area contributed by atoms with Crippen LogP contribution in [0.3, 0.4) is 0 Å². The highest BCUT2D eigenvalue weighted by Gasteiger charge is 2.18.